The molecule has 2 amide bonds. The fourth-order valence-corrected chi connectivity index (χ4v) is 4.60. The molecule has 4 rings (SSSR count). The first-order valence-corrected chi connectivity index (χ1v) is 12.1. The van der Waals surface area contributed by atoms with Gasteiger partial charge in [-0.1, -0.05) is 31.4 Å². The summed E-state index contributed by atoms with van der Waals surface area (Å²) in [5.41, 5.74) is 1.17. The minimum absolute atomic E-state index is 0.106. The van der Waals surface area contributed by atoms with Crippen LogP contribution in [0.3, 0.4) is 0 Å². The molecule has 2 fully saturated rings. The van der Waals surface area contributed by atoms with Crippen molar-refractivity contribution in [2.24, 2.45) is 13.0 Å². The molecule has 2 aromatic rings. The molecular weight excluding hydrogens is 431 g/mol. The third-order valence-corrected chi connectivity index (χ3v) is 7.45. The van der Waals surface area contributed by atoms with E-state index in [0.29, 0.717) is 11.4 Å². The molecule has 8 nitrogen and oxygen atoms in total. The molecule has 0 bridgehead atoms. The van der Waals surface area contributed by atoms with Crippen LogP contribution in [-0.2, 0) is 21.2 Å². The van der Waals surface area contributed by atoms with Crippen LogP contribution in [0.1, 0.15) is 70.3 Å². The van der Waals surface area contributed by atoms with Gasteiger partial charge >= 0.3 is 7.12 Å². The van der Waals surface area contributed by atoms with E-state index in [-0.39, 0.29) is 17.7 Å². The zero-order valence-corrected chi connectivity index (χ0v) is 20.8. The van der Waals surface area contributed by atoms with Gasteiger partial charge in [-0.15, -0.1) is 0 Å². The molecule has 2 heterocycles. The number of hydrogen-bond acceptors (Lipinski definition) is 5. The number of nitrogens with zero attached hydrogens (tertiary/aromatic N) is 2. The molecule has 1 atom stereocenters. The molecule has 2 N–H and O–H groups in total. The van der Waals surface area contributed by atoms with Crippen molar-refractivity contribution in [3.8, 4) is 0 Å². The third kappa shape index (κ3) is 5.05. The van der Waals surface area contributed by atoms with Crippen molar-refractivity contribution in [2.75, 3.05) is 5.32 Å². The summed E-state index contributed by atoms with van der Waals surface area (Å²) in [6, 6.07) is 8.55. The van der Waals surface area contributed by atoms with Gasteiger partial charge in [0.15, 0.2) is 0 Å². The number of rotatable bonds is 6. The summed E-state index contributed by atoms with van der Waals surface area (Å²) in [4.78, 5) is 26.2. The van der Waals surface area contributed by atoms with E-state index in [2.05, 4.69) is 15.7 Å². The van der Waals surface area contributed by atoms with Crippen LogP contribution in [0.15, 0.2) is 36.5 Å². The lowest BCUT2D eigenvalue weighted by Gasteiger charge is -2.32. The first-order valence-electron chi connectivity index (χ1n) is 12.1. The molecule has 1 unspecified atom stereocenters. The summed E-state index contributed by atoms with van der Waals surface area (Å²) in [5.74, 6) is -0.386. The van der Waals surface area contributed by atoms with Crippen LogP contribution in [0.25, 0.3) is 0 Å². The highest BCUT2D eigenvalue weighted by Crippen LogP contribution is 2.36. The molecule has 1 aliphatic carbocycles. The highest BCUT2D eigenvalue weighted by molar-refractivity contribution is 6.62. The zero-order chi connectivity index (χ0) is 24.5. The fraction of sp³-hybridized carbons (Fsp3) is 0.560. The van der Waals surface area contributed by atoms with Gasteiger partial charge in [0.05, 0.1) is 11.2 Å². The Kier molecular flexibility index (Phi) is 6.87. The van der Waals surface area contributed by atoms with E-state index >= 15 is 0 Å². The molecule has 34 heavy (non-hydrogen) atoms. The smallest absolute Gasteiger partial charge is 0.399 e. The van der Waals surface area contributed by atoms with Crippen LogP contribution in [0.2, 0.25) is 0 Å². The number of aromatic nitrogens is 2. The Morgan fingerprint density at radius 1 is 1.03 bits per heavy atom. The molecule has 1 saturated heterocycles. The van der Waals surface area contributed by atoms with Crippen molar-refractivity contribution in [3.63, 3.8) is 0 Å². The standard InChI is InChI=1S/C25H35BN4O4/c1-24(2)25(3,4)34-26(33-24)18-11-13-19(14-12-18)28-23(32)21(17-9-7-6-8-10-17)29-22(31)20-15-16-27-30(20)5/h11-17,21H,6-10H2,1-5H3,(H,28,32)(H,29,31). The van der Waals surface area contributed by atoms with E-state index in [1.807, 2.05) is 52.0 Å². The van der Waals surface area contributed by atoms with Gasteiger partial charge in [-0.25, -0.2) is 0 Å². The molecule has 0 radical (unpaired) electrons. The van der Waals surface area contributed by atoms with Crippen molar-refractivity contribution < 1.29 is 18.9 Å². The van der Waals surface area contributed by atoms with Crippen LogP contribution >= 0.6 is 0 Å². The monoisotopic (exact) mass is 466 g/mol. The summed E-state index contributed by atoms with van der Waals surface area (Å²) in [6.07, 6.45) is 6.72. The maximum Gasteiger partial charge on any atom is 0.494 e. The van der Waals surface area contributed by atoms with E-state index in [1.54, 1.807) is 19.3 Å². The second-order valence-electron chi connectivity index (χ2n) is 10.4. The Morgan fingerprint density at radius 2 is 1.65 bits per heavy atom. The Morgan fingerprint density at radius 3 is 2.21 bits per heavy atom. The lowest BCUT2D eigenvalue weighted by atomic mass is 9.79. The average molecular weight is 466 g/mol. The normalized spacial score (nSPS) is 20.7. The zero-order valence-electron chi connectivity index (χ0n) is 20.8. The number of carbonyl (C=O) groups excluding carboxylic acids is 2. The fourth-order valence-electron chi connectivity index (χ4n) is 4.60. The van der Waals surface area contributed by atoms with Crippen molar-refractivity contribution in [3.05, 3.63) is 42.2 Å². The van der Waals surface area contributed by atoms with Crippen LogP contribution in [0.5, 0.6) is 0 Å². The lowest BCUT2D eigenvalue weighted by Crippen LogP contribution is -2.49. The van der Waals surface area contributed by atoms with Crippen LogP contribution in [-0.4, -0.2) is 46.0 Å². The number of hydrogen-bond donors (Lipinski definition) is 2. The molecule has 1 aromatic carbocycles. The predicted octanol–water partition coefficient (Wildman–Crippen LogP) is 3.04. The number of aryl methyl sites for hydroxylation is 1. The molecule has 1 aliphatic heterocycles. The average Bonchev–Trinajstić information content (AvgIpc) is 3.32. The lowest BCUT2D eigenvalue weighted by molar-refractivity contribution is -0.119. The SMILES string of the molecule is Cn1nccc1C(=O)NC(C(=O)Nc1ccc(B2OC(C)(C)C(C)(C)O2)cc1)C1CCCCC1. The van der Waals surface area contributed by atoms with Gasteiger partial charge < -0.3 is 19.9 Å². The Bertz CT molecular complexity index is 1010. The van der Waals surface area contributed by atoms with Crippen molar-refractivity contribution in [1.82, 2.24) is 15.1 Å². The number of benzene rings is 1. The molecule has 1 saturated carbocycles. The first-order chi connectivity index (χ1) is 16.1. The Hall–Kier alpha value is -2.65. The number of nitrogens with one attached hydrogen (secondary N) is 2. The van der Waals surface area contributed by atoms with Gasteiger partial charge in [-0.2, -0.15) is 5.10 Å². The third-order valence-electron chi connectivity index (χ3n) is 7.45. The number of anilines is 1. The van der Waals surface area contributed by atoms with Gasteiger partial charge in [0.2, 0.25) is 5.91 Å². The van der Waals surface area contributed by atoms with Crippen LogP contribution in [0.4, 0.5) is 5.69 Å². The first kappa shape index (κ1) is 24.5. The summed E-state index contributed by atoms with van der Waals surface area (Å²) in [7, 11) is 1.26. The quantitative estimate of drug-likeness (QED) is 0.639. The van der Waals surface area contributed by atoms with Gasteiger partial charge in [-0.05, 0) is 70.1 Å². The maximum atomic E-state index is 13.3. The van der Waals surface area contributed by atoms with Crippen LogP contribution in [0, 0.1) is 5.92 Å². The van der Waals surface area contributed by atoms with Crippen molar-refractivity contribution in [1.29, 1.82) is 0 Å². The summed E-state index contributed by atoms with van der Waals surface area (Å²) in [5, 5.41) is 10.0. The Balaban J connectivity index is 1.45. The topological polar surface area (TPSA) is 94.5 Å². The Labute approximate surface area is 201 Å². The highest BCUT2D eigenvalue weighted by Gasteiger charge is 2.51. The molecule has 9 heteroatoms. The van der Waals surface area contributed by atoms with E-state index in [1.165, 1.54) is 11.1 Å². The van der Waals surface area contributed by atoms with Gasteiger partial charge in [0.1, 0.15) is 11.7 Å². The van der Waals surface area contributed by atoms with E-state index < -0.39 is 24.4 Å². The highest BCUT2D eigenvalue weighted by atomic mass is 16.7. The van der Waals surface area contributed by atoms with Gasteiger partial charge in [-0.3, -0.25) is 14.3 Å². The largest absolute Gasteiger partial charge is 0.494 e. The minimum Gasteiger partial charge on any atom is -0.399 e. The summed E-state index contributed by atoms with van der Waals surface area (Å²) in [6.45, 7) is 8.08. The molecule has 2 aliphatic rings. The maximum absolute atomic E-state index is 13.3. The van der Waals surface area contributed by atoms with E-state index in [0.717, 1.165) is 31.1 Å². The predicted molar refractivity (Wildman–Crippen MR) is 132 cm³/mol. The molecule has 0 spiro atoms. The van der Waals surface area contributed by atoms with Gasteiger partial charge in [0.25, 0.3) is 5.91 Å². The second-order valence-corrected chi connectivity index (χ2v) is 10.4. The van der Waals surface area contributed by atoms with Crippen molar-refractivity contribution in [2.45, 2.75) is 77.0 Å². The minimum atomic E-state index is -0.606. The number of amides is 2. The van der Waals surface area contributed by atoms with E-state index in [4.69, 9.17) is 9.31 Å². The van der Waals surface area contributed by atoms with Crippen LogP contribution < -0.4 is 16.1 Å². The van der Waals surface area contributed by atoms with Crippen molar-refractivity contribution >= 4 is 30.1 Å². The van der Waals surface area contributed by atoms with E-state index in [9.17, 15) is 9.59 Å². The van der Waals surface area contributed by atoms with Gasteiger partial charge in [0, 0.05) is 18.9 Å². The molecule has 1 aromatic heterocycles. The second kappa shape index (κ2) is 9.54. The summed E-state index contributed by atoms with van der Waals surface area (Å²) >= 11 is 0. The molecular formula is C25H35BN4O4. The molecule has 182 valence electrons. The number of carbonyl (C=O) groups is 2. The summed E-state index contributed by atoms with van der Waals surface area (Å²) < 4.78 is 13.7.